The van der Waals surface area contributed by atoms with E-state index in [1.807, 2.05) is 35.2 Å². The van der Waals surface area contributed by atoms with E-state index in [0.29, 0.717) is 24.5 Å². The maximum atomic E-state index is 13.1. The van der Waals surface area contributed by atoms with Gasteiger partial charge in [0.05, 0.1) is 26.4 Å². The van der Waals surface area contributed by atoms with Crippen LogP contribution in [0.5, 0.6) is 17.2 Å². The fourth-order valence-electron chi connectivity index (χ4n) is 3.67. The molecule has 0 aromatic heterocycles. The molecule has 2 heterocycles. The summed E-state index contributed by atoms with van der Waals surface area (Å²) in [5, 5.41) is 0. The number of amides is 1. The third-order valence-electron chi connectivity index (χ3n) is 4.99. The number of carbonyl (C=O) groups excluding carboxylic acids is 1. The van der Waals surface area contributed by atoms with Crippen molar-refractivity contribution in [1.82, 2.24) is 4.90 Å². The van der Waals surface area contributed by atoms with Crippen molar-refractivity contribution in [2.45, 2.75) is 25.3 Å². The molecule has 1 atom stereocenters. The van der Waals surface area contributed by atoms with Gasteiger partial charge in [-0.3, -0.25) is 4.79 Å². The predicted octanol–water partition coefficient (Wildman–Crippen LogP) is 3.83. The smallest absolute Gasteiger partial charge is 0.254 e. The largest absolute Gasteiger partial charge is 0.497 e. The molecule has 0 saturated carbocycles. The molecule has 4 rings (SSSR count). The van der Waals surface area contributed by atoms with Crippen LogP contribution in [0, 0.1) is 0 Å². The maximum absolute atomic E-state index is 13.1. The number of fused-ring (bicyclic) bond motifs is 1. The van der Waals surface area contributed by atoms with Crippen molar-refractivity contribution in [3.8, 4) is 17.2 Å². The molecule has 0 radical (unpaired) electrons. The van der Waals surface area contributed by atoms with Crippen LogP contribution in [-0.2, 0) is 0 Å². The molecule has 136 valence electrons. The van der Waals surface area contributed by atoms with Gasteiger partial charge in [0, 0.05) is 18.5 Å². The first-order chi connectivity index (χ1) is 12.8. The zero-order valence-electron chi connectivity index (χ0n) is 14.9. The standard InChI is InChI=1S/C21H23NO4/c1-24-17-6-2-5-16(13-17)21(23)22-10-3-7-18(22)15-8-9-19-20(14-15)26-12-4-11-25-19/h2,5-6,8-9,13-14,18H,3-4,7,10-12H2,1H3/t18-/m0/s1. The number of hydrogen-bond donors (Lipinski definition) is 0. The van der Waals surface area contributed by atoms with Crippen LogP contribution in [0.4, 0.5) is 0 Å². The molecule has 1 amide bonds. The monoisotopic (exact) mass is 353 g/mol. The number of benzene rings is 2. The number of hydrogen-bond acceptors (Lipinski definition) is 4. The maximum Gasteiger partial charge on any atom is 0.254 e. The average Bonchev–Trinajstić information content (AvgIpc) is 3.06. The van der Waals surface area contributed by atoms with Crippen LogP contribution in [0.2, 0.25) is 0 Å². The second-order valence-corrected chi connectivity index (χ2v) is 6.65. The molecule has 0 spiro atoms. The highest BCUT2D eigenvalue weighted by Gasteiger charge is 2.31. The summed E-state index contributed by atoms with van der Waals surface area (Å²) in [5.41, 5.74) is 1.76. The van der Waals surface area contributed by atoms with Crippen molar-refractivity contribution in [3.05, 3.63) is 53.6 Å². The van der Waals surface area contributed by atoms with Crippen LogP contribution in [0.3, 0.4) is 0 Å². The van der Waals surface area contributed by atoms with E-state index in [1.165, 1.54) is 0 Å². The van der Waals surface area contributed by atoms with Gasteiger partial charge in [-0.1, -0.05) is 12.1 Å². The van der Waals surface area contributed by atoms with Crippen LogP contribution >= 0.6 is 0 Å². The fourth-order valence-corrected chi connectivity index (χ4v) is 3.67. The molecule has 2 aliphatic rings. The van der Waals surface area contributed by atoms with E-state index in [2.05, 4.69) is 6.07 Å². The zero-order valence-corrected chi connectivity index (χ0v) is 14.9. The number of ether oxygens (including phenoxy) is 3. The minimum atomic E-state index is 0.0403. The van der Waals surface area contributed by atoms with Crippen LogP contribution < -0.4 is 14.2 Å². The first-order valence-electron chi connectivity index (χ1n) is 9.11. The molecule has 5 heteroatoms. The second kappa shape index (κ2) is 7.28. The van der Waals surface area contributed by atoms with Gasteiger partial charge in [-0.15, -0.1) is 0 Å². The molecule has 0 aliphatic carbocycles. The van der Waals surface area contributed by atoms with Gasteiger partial charge in [0.1, 0.15) is 5.75 Å². The Kier molecular flexibility index (Phi) is 4.69. The molecule has 2 aromatic carbocycles. The van der Waals surface area contributed by atoms with Crippen LogP contribution in [0.25, 0.3) is 0 Å². The Balaban J connectivity index is 1.60. The Morgan fingerprint density at radius 1 is 1.08 bits per heavy atom. The summed E-state index contributed by atoms with van der Waals surface area (Å²) in [7, 11) is 1.61. The number of methoxy groups -OCH3 is 1. The first-order valence-corrected chi connectivity index (χ1v) is 9.11. The summed E-state index contributed by atoms with van der Waals surface area (Å²) in [6.07, 6.45) is 2.83. The summed E-state index contributed by atoms with van der Waals surface area (Å²) in [6, 6.07) is 13.4. The van der Waals surface area contributed by atoms with Crippen molar-refractivity contribution in [2.24, 2.45) is 0 Å². The zero-order chi connectivity index (χ0) is 17.9. The van der Waals surface area contributed by atoms with Crippen molar-refractivity contribution in [2.75, 3.05) is 26.9 Å². The summed E-state index contributed by atoms with van der Waals surface area (Å²) in [6.45, 7) is 2.10. The Morgan fingerprint density at radius 3 is 2.77 bits per heavy atom. The summed E-state index contributed by atoms with van der Waals surface area (Å²) in [5.74, 6) is 2.30. The van der Waals surface area contributed by atoms with E-state index in [4.69, 9.17) is 14.2 Å². The minimum absolute atomic E-state index is 0.0403. The van der Waals surface area contributed by atoms with E-state index in [-0.39, 0.29) is 11.9 Å². The lowest BCUT2D eigenvalue weighted by Crippen LogP contribution is -2.30. The van der Waals surface area contributed by atoms with Gasteiger partial charge in [-0.05, 0) is 48.7 Å². The van der Waals surface area contributed by atoms with Crippen LogP contribution in [0.1, 0.15) is 41.2 Å². The van der Waals surface area contributed by atoms with Gasteiger partial charge >= 0.3 is 0 Å². The molecule has 1 saturated heterocycles. The molecule has 1 fully saturated rings. The molecule has 2 aromatic rings. The lowest BCUT2D eigenvalue weighted by molar-refractivity contribution is 0.0735. The van der Waals surface area contributed by atoms with E-state index >= 15 is 0 Å². The van der Waals surface area contributed by atoms with Crippen LogP contribution in [0.15, 0.2) is 42.5 Å². The van der Waals surface area contributed by atoms with Gasteiger partial charge < -0.3 is 19.1 Å². The third kappa shape index (κ3) is 3.21. The number of likely N-dealkylation sites (tertiary alicyclic amines) is 1. The lowest BCUT2D eigenvalue weighted by atomic mass is 10.0. The molecular weight excluding hydrogens is 330 g/mol. The summed E-state index contributed by atoms with van der Waals surface area (Å²) >= 11 is 0. The average molecular weight is 353 g/mol. The Morgan fingerprint density at radius 2 is 1.92 bits per heavy atom. The molecule has 26 heavy (non-hydrogen) atoms. The molecule has 2 aliphatic heterocycles. The van der Waals surface area contributed by atoms with Crippen molar-refractivity contribution < 1.29 is 19.0 Å². The Bertz CT molecular complexity index is 804. The van der Waals surface area contributed by atoms with E-state index in [9.17, 15) is 4.79 Å². The van der Waals surface area contributed by atoms with Gasteiger partial charge in [0.25, 0.3) is 5.91 Å². The van der Waals surface area contributed by atoms with Gasteiger partial charge in [0.2, 0.25) is 0 Å². The fraction of sp³-hybridized carbons (Fsp3) is 0.381. The molecule has 0 N–H and O–H groups in total. The molecule has 5 nitrogen and oxygen atoms in total. The van der Waals surface area contributed by atoms with Gasteiger partial charge in [-0.2, -0.15) is 0 Å². The highest BCUT2D eigenvalue weighted by molar-refractivity contribution is 5.95. The van der Waals surface area contributed by atoms with Crippen molar-refractivity contribution >= 4 is 5.91 Å². The second-order valence-electron chi connectivity index (χ2n) is 6.65. The molecule has 0 bridgehead atoms. The van der Waals surface area contributed by atoms with E-state index in [0.717, 1.165) is 42.9 Å². The predicted molar refractivity (Wildman–Crippen MR) is 98.1 cm³/mol. The quantitative estimate of drug-likeness (QED) is 0.841. The van der Waals surface area contributed by atoms with Crippen LogP contribution in [-0.4, -0.2) is 37.7 Å². The van der Waals surface area contributed by atoms with Gasteiger partial charge in [-0.25, -0.2) is 0 Å². The first kappa shape index (κ1) is 16.8. The summed E-state index contributed by atoms with van der Waals surface area (Å²) < 4.78 is 16.8. The Hall–Kier alpha value is -2.69. The number of rotatable bonds is 3. The van der Waals surface area contributed by atoms with Crippen molar-refractivity contribution in [3.63, 3.8) is 0 Å². The lowest BCUT2D eigenvalue weighted by Gasteiger charge is -2.26. The number of nitrogens with zero attached hydrogens (tertiary/aromatic N) is 1. The number of carbonyl (C=O) groups is 1. The highest BCUT2D eigenvalue weighted by Crippen LogP contribution is 2.38. The van der Waals surface area contributed by atoms with Gasteiger partial charge in [0.15, 0.2) is 11.5 Å². The van der Waals surface area contributed by atoms with Crippen molar-refractivity contribution in [1.29, 1.82) is 0 Å². The molecule has 0 unspecified atom stereocenters. The summed E-state index contributed by atoms with van der Waals surface area (Å²) in [4.78, 5) is 15.0. The Labute approximate surface area is 153 Å². The highest BCUT2D eigenvalue weighted by atomic mass is 16.5. The van der Waals surface area contributed by atoms with E-state index < -0.39 is 0 Å². The third-order valence-corrected chi connectivity index (χ3v) is 4.99. The molecular formula is C21H23NO4. The SMILES string of the molecule is COc1cccc(C(=O)N2CCC[C@H]2c2ccc3c(c2)OCCCO3)c1. The normalized spacial score (nSPS) is 19.1. The topological polar surface area (TPSA) is 48.0 Å². The van der Waals surface area contributed by atoms with E-state index in [1.54, 1.807) is 13.2 Å². The minimum Gasteiger partial charge on any atom is -0.497 e.